The standard InChI is InChI=1S/C10H10ClN3O2/c11-8-4-3-7(15-8)10-13-9(14-16-10)5-12-6-1-2-6/h3-4,6,12H,1-2,5H2. The van der Waals surface area contributed by atoms with Crippen molar-refractivity contribution in [3.05, 3.63) is 23.2 Å². The molecule has 2 aromatic rings. The van der Waals surface area contributed by atoms with E-state index in [0.717, 1.165) is 0 Å². The number of nitrogens with zero attached hydrogens (tertiary/aromatic N) is 2. The van der Waals surface area contributed by atoms with Gasteiger partial charge in [0, 0.05) is 6.04 Å². The van der Waals surface area contributed by atoms with Gasteiger partial charge in [-0.05, 0) is 36.6 Å². The molecule has 1 N–H and O–H groups in total. The molecule has 5 nitrogen and oxygen atoms in total. The number of halogens is 1. The van der Waals surface area contributed by atoms with Crippen molar-refractivity contribution in [2.24, 2.45) is 0 Å². The second kappa shape index (κ2) is 3.92. The number of furan rings is 1. The van der Waals surface area contributed by atoms with E-state index in [0.29, 0.717) is 35.3 Å². The third kappa shape index (κ3) is 2.10. The van der Waals surface area contributed by atoms with Crippen LogP contribution in [0.2, 0.25) is 5.22 Å². The lowest BCUT2D eigenvalue weighted by molar-refractivity contribution is 0.406. The van der Waals surface area contributed by atoms with E-state index in [1.54, 1.807) is 12.1 Å². The van der Waals surface area contributed by atoms with Crippen LogP contribution in [0.5, 0.6) is 0 Å². The van der Waals surface area contributed by atoms with E-state index < -0.39 is 0 Å². The summed E-state index contributed by atoms with van der Waals surface area (Å²) in [6, 6.07) is 3.97. The SMILES string of the molecule is Clc1ccc(-c2nc(CNC3CC3)no2)o1. The monoisotopic (exact) mass is 239 g/mol. The topological polar surface area (TPSA) is 64.1 Å². The van der Waals surface area contributed by atoms with Gasteiger partial charge in [0.1, 0.15) is 0 Å². The van der Waals surface area contributed by atoms with E-state index in [2.05, 4.69) is 15.5 Å². The zero-order chi connectivity index (χ0) is 11.0. The second-order valence-corrected chi connectivity index (χ2v) is 4.15. The molecule has 1 aliphatic carbocycles. The molecule has 2 aromatic heterocycles. The molecule has 0 unspecified atom stereocenters. The number of nitrogens with one attached hydrogen (secondary N) is 1. The van der Waals surface area contributed by atoms with Crippen LogP contribution in [0.3, 0.4) is 0 Å². The third-order valence-corrected chi connectivity index (χ3v) is 2.58. The minimum absolute atomic E-state index is 0.311. The van der Waals surface area contributed by atoms with Crippen molar-refractivity contribution >= 4 is 11.6 Å². The van der Waals surface area contributed by atoms with Crippen molar-refractivity contribution in [2.75, 3.05) is 0 Å². The van der Waals surface area contributed by atoms with Gasteiger partial charge in [-0.2, -0.15) is 4.98 Å². The first-order valence-corrected chi connectivity index (χ1v) is 5.51. The maximum absolute atomic E-state index is 5.66. The van der Waals surface area contributed by atoms with Crippen LogP contribution in [-0.2, 0) is 6.54 Å². The van der Waals surface area contributed by atoms with Crippen molar-refractivity contribution in [3.8, 4) is 11.7 Å². The Labute approximate surface area is 96.8 Å². The van der Waals surface area contributed by atoms with Crippen molar-refractivity contribution in [2.45, 2.75) is 25.4 Å². The molecular formula is C10H10ClN3O2. The first-order valence-electron chi connectivity index (χ1n) is 5.13. The molecule has 0 atom stereocenters. The van der Waals surface area contributed by atoms with Crippen LogP contribution in [0.15, 0.2) is 21.1 Å². The maximum atomic E-state index is 5.66. The van der Waals surface area contributed by atoms with Crippen molar-refractivity contribution < 1.29 is 8.94 Å². The summed E-state index contributed by atoms with van der Waals surface area (Å²) in [6.45, 7) is 0.628. The summed E-state index contributed by atoms with van der Waals surface area (Å²) in [6.07, 6.45) is 2.47. The highest BCUT2D eigenvalue weighted by molar-refractivity contribution is 6.28. The zero-order valence-electron chi connectivity index (χ0n) is 8.44. The highest BCUT2D eigenvalue weighted by Crippen LogP contribution is 2.23. The zero-order valence-corrected chi connectivity index (χ0v) is 9.20. The minimum atomic E-state index is 0.311. The van der Waals surface area contributed by atoms with E-state index in [4.69, 9.17) is 20.5 Å². The molecular weight excluding hydrogens is 230 g/mol. The first-order chi connectivity index (χ1) is 7.81. The van der Waals surface area contributed by atoms with Crippen molar-refractivity contribution in [3.63, 3.8) is 0 Å². The lowest BCUT2D eigenvalue weighted by Crippen LogP contribution is -2.16. The summed E-state index contributed by atoms with van der Waals surface area (Å²) in [7, 11) is 0. The molecule has 84 valence electrons. The molecule has 0 spiro atoms. The van der Waals surface area contributed by atoms with Crippen LogP contribution >= 0.6 is 11.6 Å². The quantitative estimate of drug-likeness (QED) is 0.887. The number of hydrogen-bond donors (Lipinski definition) is 1. The Morgan fingerprint density at radius 1 is 1.44 bits per heavy atom. The van der Waals surface area contributed by atoms with Gasteiger partial charge in [0.15, 0.2) is 16.8 Å². The molecule has 1 fully saturated rings. The normalized spacial score (nSPS) is 15.6. The van der Waals surface area contributed by atoms with Crippen LogP contribution in [0.1, 0.15) is 18.7 Å². The van der Waals surface area contributed by atoms with Crippen molar-refractivity contribution in [1.82, 2.24) is 15.5 Å². The van der Waals surface area contributed by atoms with E-state index in [1.165, 1.54) is 12.8 Å². The molecule has 3 rings (SSSR count). The summed E-state index contributed by atoms with van der Waals surface area (Å²) in [4.78, 5) is 4.20. The summed E-state index contributed by atoms with van der Waals surface area (Å²) in [5.41, 5.74) is 0. The largest absolute Gasteiger partial charge is 0.440 e. The lowest BCUT2D eigenvalue weighted by atomic mass is 10.4. The van der Waals surface area contributed by atoms with Gasteiger partial charge in [-0.1, -0.05) is 5.16 Å². The fourth-order valence-corrected chi connectivity index (χ4v) is 1.52. The molecule has 16 heavy (non-hydrogen) atoms. The molecule has 0 bridgehead atoms. The lowest BCUT2D eigenvalue weighted by Gasteiger charge is -1.94. The smallest absolute Gasteiger partial charge is 0.293 e. The highest BCUT2D eigenvalue weighted by Gasteiger charge is 2.21. The molecule has 2 heterocycles. The van der Waals surface area contributed by atoms with Gasteiger partial charge in [-0.25, -0.2) is 0 Å². The average molecular weight is 240 g/mol. The van der Waals surface area contributed by atoms with Crippen LogP contribution in [0.4, 0.5) is 0 Å². The molecule has 0 aliphatic heterocycles. The highest BCUT2D eigenvalue weighted by atomic mass is 35.5. The Balaban J connectivity index is 1.71. The van der Waals surface area contributed by atoms with E-state index in [1.807, 2.05) is 0 Å². The third-order valence-electron chi connectivity index (χ3n) is 2.38. The predicted octanol–water partition coefficient (Wildman–Crippen LogP) is 2.23. The molecule has 1 aliphatic rings. The number of aromatic nitrogens is 2. The predicted molar refractivity (Wildman–Crippen MR) is 56.9 cm³/mol. The van der Waals surface area contributed by atoms with Crippen LogP contribution in [0.25, 0.3) is 11.7 Å². The molecule has 1 saturated carbocycles. The Bertz CT molecular complexity index is 490. The van der Waals surface area contributed by atoms with Gasteiger partial charge < -0.3 is 14.3 Å². The van der Waals surface area contributed by atoms with Crippen LogP contribution < -0.4 is 5.32 Å². The minimum Gasteiger partial charge on any atom is -0.440 e. The van der Waals surface area contributed by atoms with Crippen LogP contribution in [-0.4, -0.2) is 16.2 Å². The first kappa shape index (κ1) is 9.86. The Morgan fingerprint density at radius 2 is 2.31 bits per heavy atom. The van der Waals surface area contributed by atoms with Crippen LogP contribution in [0, 0.1) is 0 Å². The van der Waals surface area contributed by atoms with E-state index in [-0.39, 0.29) is 0 Å². The fraction of sp³-hybridized carbons (Fsp3) is 0.400. The van der Waals surface area contributed by atoms with Gasteiger partial charge >= 0.3 is 0 Å². The summed E-state index contributed by atoms with van der Waals surface area (Å²) < 4.78 is 10.2. The Morgan fingerprint density at radius 3 is 3.00 bits per heavy atom. The molecule has 6 heteroatoms. The van der Waals surface area contributed by atoms with Gasteiger partial charge in [-0.15, -0.1) is 0 Å². The second-order valence-electron chi connectivity index (χ2n) is 3.77. The van der Waals surface area contributed by atoms with Gasteiger partial charge in [0.2, 0.25) is 0 Å². The summed E-state index contributed by atoms with van der Waals surface area (Å²) >= 11 is 5.66. The number of hydrogen-bond acceptors (Lipinski definition) is 5. The maximum Gasteiger partial charge on any atom is 0.293 e. The molecule has 0 saturated heterocycles. The van der Waals surface area contributed by atoms with E-state index >= 15 is 0 Å². The van der Waals surface area contributed by atoms with Gasteiger partial charge in [-0.3, -0.25) is 0 Å². The Kier molecular flexibility index (Phi) is 2.41. The summed E-state index contributed by atoms with van der Waals surface area (Å²) in [5.74, 6) is 1.49. The van der Waals surface area contributed by atoms with E-state index in [9.17, 15) is 0 Å². The average Bonchev–Trinajstić information content (AvgIpc) is 2.81. The molecule has 0 amide bonds. The molecule has 0 radical (unpaired) electrons. The van der Waals surface area contributed by atoms with Gasteiger partial charge in [0.25, 0.3) is 5.89 Å². The Hall–Kier alpha value is -1.33. The van der Waals surface area contributed by atoms with Gasteiger partial charge in [0.05, 0.1) is 6.54 Å². The number of rotatable bonds is 4. The summed E-state index contributed by atoms with van der Waals surface area (Å²) in [5, 5.41) is 7.46. The fourth-order valence-electron chi connectivity index (χ4n) is 1.38. The van der Waals surface area contributed by atoms with Crippen molar-refractivity contribution in [1.29, 1.82) is 0 Å². The molecule has 0 aromatic carbocycles.